The van der Waals surface area contributed by atoms with Gasteiger partial charge in [-0.3, -0.25) is 4.79 Å². The molecule has 1 aliphatic heterocycles. The van der Waals surface area contributed by atoms with Gasteiger partial charge < -0.3 is 14.5 Å². The van der Waals surface area contributed by atoms with E-state index in [1.807, 2.05) is 43.0 Å². The second kappa shape index (κ2) is 8.47. The maximum Gasteiger partial charge on any atom is 0.263 e. The van der Waals surface area contributed by atoms with Crippen molar-refractivity contribution >= 4 is 11.6 Å². The first kappa shape index (κ1) is 19.3. The molecule has 0 N–H and O–H groups in total. The molecule has 1 fully saturated rings. The summed E-state index contributed by atoms with van der Waals surface area (Å²) >= 11 is 0. The van der Waals surface area contributed by atoms with Gasteiger partial charge in [-0.1, -0.05) is 31.2 Å². The van der Waals surface area contributed by atoms with Crippen LogP contribution in [-0.2, 0) is 4.79 Å². The van der Waals surface area contributed by atoms with Crippen LogP contribution in [0.5, 0.6) is 5.75 Å². The highest BCUT2D eigenvalue weighted by Gasteiger charge is 2.28. The van der Waals surface area contributed by atoms with Crippen molar-refractivity contribution in [2.75, 3.05) is 31.1 Å². The zero-order valence-corrected chi connectivity index (χ0v) is 16.9. The minimum Gasteiger partial charge on any atom is -0.481 e. The average Bonchev–Trinajstić information content (AvgIpc) is 2.68. The van der Waals surface area contributed by atoms with Crippen LogP contribution in [0.3, 0.4) is 0 Å². The molecule has 0 bridgehead atoms. The van der Waals surface area contributed by atoms with E-state index >= 15 is 0 Å². The van der Waals surface area contributed by atoms with Crippen LogP contribution in [0, 0.1) is 20.8 Å². The molecule has 1 atom stereocenters. The van der Waals surface area contributed by atoms with E-state index in [0.717, 1.165) is 37.5 Å². The maximum atomic E-state index is 13.0. The Balaban J connectivity index is 1.62. The molecule has 0 radical (unpaired) electrons. The summed E-state index contributed by atoms with van der Waals surface area (Å²) in [5.74, 6) is 0.865. The van der Waals surface area contributed by atoms with E-state index in [1.54, 1.807) is 0 Å². The molecule has 0 spiro atoms. The highest BCUT2D eigenvalue weighted by atomic mass is 16.5. The summed E-state index contributed by atoms with van der Waals surface area (Å²) in [5, 5.41) is 0. The number of piperazine rings is 1. The van der Waals surface area contributed by atoms with Crippen molar-refractivity contribution in [3.63, 3.8) is 0 Å². The number of ether oxygens (including phenoxy) is 1. The Hall–Kier alpha value is -2.49. The standard InChI is InChI=1S/C23H30N2O2/c1-5-22(27-20-10-6-8-17(2)16-20)23(26)25-14-12-24(13-15-25)21-11-7-9-18(3)19(21)4/h6-11,16,22H,5,12-15H2,1-4H3/t22-/m1/s1. The highest BCUT2D eigenvalue weighted by Crippen LogP contribution is 2.24. The molecular formula is C23H30N2O2. The van der Waals surface area contributed by atoms with Gasteiger partial charge in [0.2, 0.25) is 0 Å². The van der Waals surface area contributed by atoms with Crippen LogP contribution in [0.1, 0.15) is 30.0 Å². The van der Waals surface area contributed by atoms with E-state index in [4.69, 9.17) is 4.74 Å². The number of hydrogen-bond acceptors (Lipinski definition) is 3. The van der Waals surface area contributed by atoms with E-state index < -0.39 is 6.10 Å². The molecule has 27 heavy (non-hydrogen) atoms. The number of hydrogen-bond donors (Lipinski definition) is 0. The second-order valence-corrected chi connectivity index (χ2v) is 7.36. The number of amides is 1. The van der Waals surface area contributed by atoms with Gasteiger partial charge >= 0.3 is 0 Å². The Bertz CT molecular complexity index is 795. The lowest BCUT2D eigenvalue weighted by molar-refractivity contribution is -0.139. The van der Waals surface area contributed by atoms with Crippen molar-refractivity contribution in [1.29, 1.82) is 0 Å². The SMILES string of the molecule is CC[C@@H](Oc1cccc(C)c1)C(=O)N1CCN(c2cccc(C)c2C)CC1. The quantitative estimate of drug-likeness (QED) is 0.798. The zero-order chi connectivity index (χ0) is 19.4. The largest absolute Gasteiger partial charge is 0.481 e. The van der Waals surface area contributed by atoms with Crippen molar-refractivity contribution in [1.82, 2.24) is 4.90 Å². The summed E-state index contributed by atoms with van der Waals surface area (Å²) in [6.07, 6.45) is 0.253. The van der Waals surface area contributed by atoms with Gasteiger partial charge in [0.05, 0.1) is 0 Å². The van der Waals surface area contributed by atoms with Gasteiger partial charge in [-0.05, 0) is 62.1 Å². The van der Waals surface area contributed by atoms with Crippen molar-refractivity contribution in [2.45, 2.75) is 40.2 Å². The van der Waals surface area contributed by atoms with Crippen molar-refractivity contribution in [3.8, 4) is 5.75 Å². The number of carbonyl (C=O) groups is 1. The first-order valence-corrected chi connectivity index (χ1v) is 9.83. The number of benzene rings is 2. The second-order valence-electron chi connectivity index (χ2n) is 7.36. The van der Waals surface area contributed by atoms with Crippen LogP contribution in [0.4, 0.5) is 5.69 Å². The van der Waals surface area contributed by atoms with Crippen LogP contribution in [0.2, 0.25) is 0 Å². The molecule has 1 aliphatic rings. The minimum absolute atomic E-state index is 0.0969. The van der Waals surface area contributed by atoms with E-state index in [-0.39, 0.29) is 5.91 Å². The molecule has 4 heteroatoms. The molecule has 1 heterocycles. The van der Waals surface area contributed by atoms with Crippen LogP contribution in [0.25, 0.3) is 0 Å². The fourth-order valence-corrected chi connectivity index (χ4v) is 3.61. The average molecular weight is 367 g/mol. The molecule has 0 unspecified atom stereocenters. The van der Waals surface area contributed by atoms with Gasteiger partial charge in [-0.2, -0.15) is 0 Å². The summed E-state index contributed by atoms with van der Waals surface area (Å²) in [5.41, 5.74) is 5.05. The third-order valence-electron chi connectivity index (χ3n) is 5.42. The number of nitrogens with zero attached hydrogens (tertiary/aromatic N) is 2. The fraction of sp³-hybridized carbons (Fsp3) is 0.435. The van der Waals surface area contributed by atoms with E-state index in [1.165, 1.54) is 16.8 Å². The monoisotopic (exact) mass is 366 g/mol. The Kier molecular flexibility index (Phi) is 6.04. The molecule has 0 aliphatic carbocycles. The van der Waals surface area contributed by atoms with Gasteiger partial charge in [0.1, 0.15) is 5.75 Å². The number of carbonyl (C=O) groups excluding carboxylic acids is 1. The van der Waals surface area contributed by atoms with Gasteiger partial charge in [0.15, 0.2) is 6.10 Å². The van der Waals surface area contributed by atoms with Gasteiger partial charge in [-0.15, -0.1) is 0 Å². The van der Waals surface area contributed by atoms with Gasteiger partial charge in [0, 0.05) is 31.9 Å². The van der Waals surface area contributed by atoms with E-state index in [0.29, 0.717) is 6.42 Å². The predicted molar refractivity (Wildman–Crippen MR) is 111 cm³/mol. The van der Waals surface area contributed by atoms with Gasteiger partial charge in [-0.25, -0.2) is 0 Å². The first-order chi connectivity index (χ1) is 13.0. The summed E-state index contributed by atoms with van der Waals surface area (Å²) in [6, 6.07) is 14.3. The topological polar surface area (TPSA) is 32.8 Å². The Morgan fingerprint density at radius 2 is 1.74 bits per heavy atom. The molecule has 2 aromatic rings. The minimum atomic E-state index is -0.418. The lowest BCUT2D eigenvalue weighted by Crippen LogP contribution is -2.52. The van der Waals surface area contributed by atoms with Crippen LogP contribution < -0.4 is 9.64 Å². The number of aryl methyl sites for hydroxylation is 2. The molecule has 144 valence electrons. The zero-order valence-electron chi connectivity index (χ0n) is 16.9. The fourth-order valence-electron chi connectivity index (χ4n) is 3.61. The summed E-state index contributed by atoms with van der Waals surface area (Å²) < 4.78 is 6.00. The lowest BCUT2D eigenvalue weighted by Gasteiger charge is -2.38. The van der Waals surface area contributed by atoms with Crippen molar-refractivity contribution < 1.29 is 9.53 Å². The third kappa shape index (κ3) is 4.44. The third-order valence-corrected chi connectivity index (χ3v) is 5.42. The van der Waals surface area contributed by atoms with Crippen LogP contribution >= 0.6 is 0 Å². The molecular weight excluding hydrogens is 336 g/mol. The summed E-state index contributed by atoms with van der Waals surface area (Å²) in [6.45, 7) is 11.5. The van der Waals surface area contributed by atoms with Crippen LogP contribution in [0.15, 0.2) is 42.5 Å². The predicted octanol–water partition coefficient (Wildman–Crippen LogP) is 4.12. The number of rotatable bonds is 5. The molecule has 0 aromatic heterocycles. The van der Waals surface area contributed by atoms with Crippen LogP contribution in [-0.4, -0.2) is 43.1 Å². The maximum absolute atomic E-state index is 13.0. The van der Waals surface area contributed by atoms with Crippen molar-refractivity contribution in [2.24, 2.45) is 0 Å². The Morgan fingerprint density at radius 3 is 2.41 bits per heavy atom. The molecule has 3 rings (SSSR count). The Labute approximate surface area is 162 Å². The lowest BCUT2D eigenvalue weighted by atomic mass is 10.1. The first-order valence-electron chi connectivity index (χ1n) is 9.83. The highest BCUT2D eigenvalue weighted by molar-refractivity contribution is 5.81. The normalized spacial score (nSPS) is 15.6. The molecule has 1 saturated heterocycles. The summed E-state index contributed by atoms with van der Waals surface area (Å²) in [7, 11) is 0. The van der Waals surface area contributed by atoms with E-state index in [2.05, 4.69) is 36.9 Å². The van der Waals surface area contributed by atoms with Crippen molar-refractivity contribution in [3.05, 3.63) is 59.2 Å². The smallest absolute Gasteiger partial charge is 0.263 e. The molecule has 0 saturated carbocycles. The molecule has 2 aromatic carbocycles. The van der Waals surface area contributed by atoms with E-state index in [9.17, 15) is 4.79 Å². The molecule has 4 nitrogen and oxygen atoms in total. The molecule has 1 amide bonds. The van der Waals surface area contributed by atoms with Gasteiger partial charge in [0.25, 0.3) is 5.91 Å². The summed E-state index contributed by atoms with van der Waals surface area (Å²) in [4.78, 5) is 17.3. The Morgan fingerprint density at radius 1 is 1.04 bits per heavy atom. The number of anilines is 1.